The summed E-state index contributed by atoms with van der Waals surface area (Å²) in [6.07, 6.45) is 0. The average Bonchev–Trinajstić information content (AvgIpc) is 2.74. The van der Waals surface area contributed by atoms with Crippen LogP contribution in [0.1, 0.15) is 0 Å². The maximum atomic E-state index is 11.7. The summed E-state index contributed by atoms with van der Waals surface area (Å²) in [7, 11) is 0. The van der Waals surface area contributed by atoms with Crippen molar-refractivity contribution in [3.63, 3.8) is 0 Å². The molecule has 1 aliphatic rings. The molecule has 1 N–H and O–H groups in total. The molecule has 2 rings (SSSR count). The lowest BCUT2D eigenvalue weighted by Gasteiger charge is -2.11. The Morgan fingerprint density at radius 2 is 2.12 bits per heavy atom. The van der Waals surface area contributed by atoms with Crippen LogP contribution in [0.25, 0.3) is 0 Å². The van der Waals surface area contributed by atoms with E-state index in [0.29, 0.717) is 18.1 Å². The summed E-state index contributed by atoms with van der Waals surface area (Å²) in [6.45, 7) is 0.995. The number of carbonyl (C=O) groups is 2. The molecule has 1 aromatic rings. The van der Waals surface area contributed by atoms with E-state index in [0.717, 1.165) is 4.90 Å². The minimum atomic E-state index is -0.299. The Morgan fingerprint density at radius 3 is 2.71 bits per heavy atom. The van der Waals surface area contributed by atoms with E-state index in [-0.39, 0.29) is 17.7 Å². The van der Waals surface area contributed by atoms with Crippen molar-refractivity contribution in [2.75, 3.05) is 18.8 Å². The van der Waals surface area contributed by atoms with Crippen molar-refractivity contribution >= 4 is 35.3 Å². The minimum absolute atomic E-state index is 0.167. The number of hydrogen-bond acceptors (Lipinski definition) is 3. The van der Waals surface area contributed by atoms with Crippen molar-refractivity contribution in [2.45, 2.75) is 4.90 Å². The Morgan fingerprint density at radius 1 is 1.41 bits per heavy atom. The molecule has 90 valence electrons. The number of nitrogens with zero attached hydrogens (tertiary/aromatic N) is 1. The van der Waals surface area contributed by atoms with Gasteiger partial charge in [0, 0.05) is 23.0 Å². The van der Waals surface area contributed by atoms with Crippen LogP contribution < -0.4 is 5.32 Å². The summed E-state index contributed by atoms with van der Waals surface area (Å²) in [5, 5.41) is 3.26. The molecule has 0 aliphatic carbocycles. The van der Waals surface area contributed by atoms with Crippen LogP contribution in [0.4, 0.5) is 4.79 Å². The van der Waals surface area contributed by atoms with Gasteiger partial charge >= 0.3 is 6.03 Å². The quantitative estimate of drug-likeness (QED) is 0.855. The van der Waals surface area contributed by atoms with E-state index in [1.165, 1.54) is 16.7 Å². The Hall–Kier alpha value is -1.20. The number of halogens is 1. The highest BCUT2D eigenvalue weighted by molar-refractivity contribution is 8.00. The first-order chi connectivity index (χ1) is 8.16. The Balaban J connectivity index is 1.87. The van der Waals surface area contributed by atoms with Crippen LogP contribution in [-0.4, -0.2) is 35.7 Å². The van der Waals surface area contributed by atoms with Gasteiger partial charge in [-0.25, -0.2) is 4.79 Å². The molecule has 1 heterocycles. The van der Waals surface area contributed by atoms with Crippen molar-refractivity contribution in [1.29, 1.82) is 0 Å². The molecule has 4 nitrogen and oxygen atoms in total. The highest BCUT2D eigenvalue weighted by Gasteiger charge is 2.25. The normalized spacial score (nSPS) is 14.9. The largest absolute Gasteiger partial charge is 0.336 e. The summed E-state index contributed by atoms with van der Waals surface area (Å²) < 4.78 is 0. The van der Waals surface area contributed by atoms with Gasteiger partial charge in [-0.3, -0.25) is 9.69 Å². The standard InChI is InChI=1S/C11H11ClN2O2S/c12-8-1-3-9(4-2-8)17-7-10(15)14-6-5-13-11(14)16/h1-4H,5-7H2,(H,13,16). The van der Waals surface area contributed by atoms with Gasteiger partial charge in [-0.1, -0.05) is 11.6 Å². The topological polar surface area (TPSA) is 49.4 Å². The lowest BCUT2D eigenvalue weighted by Crippen LogP contribution is -2.35. The van der Waals surface area contributed by atoms with E-state index in [1.807, 2.05) is 12.1 Å². The molecule has 1 saturated heterocycles. The third-order valence-corrected chi connectivity index (χ3v) is 3.58. The maximum absolute atomic E-state index is 11.7. The summed E-state index contributed by atoms with van der Waals surface area (Å²) in [5.41, 5.74) is 0. The first-order valence-corrected chi connectivity index (χ1v) is 6.50. The Labute approximate surface area is 108 Å². The first-order valence-electron chi connectivity index (χ1n) is 5.13. The molecule has 0 saturated carbocycles. The van der Waals surface area contributed by atoms with Crippen LogP contribution in [0.5, 0.6) is 0 Å². The van der Waals surface area contributed by atoms with E-state index in [2.05, 4.69) is 5.32 Å². The number of imide groups is 1. The van der Waals surface area contributed by atoms with Crippen molar-refractivity contribution < 1.29 is 9.59 Å². The molecular formula is C11H11ClN2O2S. The van der Waals surface area contributed by atoms with E-state index >= 15 is 0 Å². The van der Waals surface area contributed by atoms with Crippen LogP contribution in [0.3, 0.4) is 0 Å². The second kappa shape index (κ2) is 5.42. The third kappa shape index (κ3) is 3.14. The number of hydrogen-bond donors (Lipinski definition) is 1. The van der Waals surface area contributed by atoms with Gasteiger partial charge in [0.2, 0.25) is 5.91 Å². The van der Waals surface area contributed by atoms with Gasteiger partial charge in [-0.2, -0.15) is 0 Å². The second-order valence-electron chi connectivity index (χ2n) is 3.52. The van der Waals surface area contributed by atoms with Crippen LogP contribution in [0.2, 0.25) is 5.02 Å². The maximum Gasteiger partial charge on any atom is 0.324 e. The number of benzene rings is 1. The fraction of sp³-hybridized carbons (Fsp3) is 0.273. The number of carbonyl (C=O) groups excluding carboxylic acids is 2. The highest BCUT2D eigenvalue weighted by Crippen LogP contribution is 2.20. The van der Waals surface area contributed by atoms with Crippen molar-refractivity contribution in [3.8, 4) is 0 Å². The number of amides is 3. The zero-order valence-electron chi connectivity index (χ0n) is 8.98. The zero-order valence-corrected chi connectivity index (χ0v) is 10.6. The third-order valence-electron chi connectivity index (χ3n) is 2.33. The van der Waals surface area contributed by atoms with Crippen LogP contribution in [0.15, 0.2) is 29.2 Å². The van der Waals surface area contributed by atoms with E-state index in [1.54, 1.807) is 12.1 Å². The van der Waals surface area contributed by atoms with Gasteiger partial charge < -0.3 is 5.32 Å². The minimum Gasteiger partial charge on any atom is -0.336 e. The molecule has 1 aromatic carbocycles. The van der Waals surface area contributed by atoms with Gasteiger partial charge in [0.25, 0.3) is 0 Å². The van der Waals surface area contributed by atoms with Gasteiger partial charge in [0.1, 0.15) is 0 Å². The van der Waals surface area contributed by atoms with Crippen molar-refractivity contribution in [2.24, 2.45) is 0 Å². The summed E-state index contributed by atoms with van der Waals surface area (Å²) in [4.78, 5) is 25.2. The van der Waals surface area contributed by atoms with E-state index < -0.39 is 0 Å². The summed E-state index contributed by atoms with van der Waals surface area (Å²) >= 11 is 7.16. The smallest absolute Gasteiger partial charge is 0.324 e. The molecule has 1 aliphatic heterocycles. The Kier molecular flexibility index (Phi) is 3.91. The number of thioether (sulfide) groups is 1. The average molecular weight is 271 g/mol. The molecule has 6 heteroatoms. The predicted molar refractivity (Wildman–Crippen MR) is 67.3 cm³/mol. The first kappa shape index (κ1) is 12.3. The van der Waals surface area contributed by atoms with Crippen LogP contribution in [-0.2, 0) is 4.79 Å². The van der Waals surface area contributed by atoms with Crippen molar-refractivity contribution in [3.05, 3.63) is 29.3 Å². The monoisotopic (exact) mass is 270 g/mol. The lowest BCUT2D eigenvalue weighted by atomic mass is 10.4. The molecule has 0 unspecified atom stereocenters. The van der Waals surface area contributed by atoms with E-state index in [4.69, 9.17) is 11.6 Å². The molecule has 0 radical (unpaired) electrons. The summed E-state index contributed by atoms with van der Waals surface area (Å²) in [6, 6.07) is 6.95. The fourth-order valence-corrected chi connectivity index (χ4v) is 2.36. The number of rotatable bonds is 3. The number of urea groups is 1. The molecule has 1 fully saturated rings. The van der Waals surface area contributed by atoms with Gasteiger partial charge in [0.15, 0.2) is 0 Å². The fourth-order valence-electron chi connectivity index (χ4n) is 1.46. The molecular weight excluding hydrogens is 260 g/mol. The molecule has 0 atom stereocenters. The number of nitrogens with one attached hydrogen (secondary N) is 1. The van der Waals surface area contributed by atoms with Gasteiger partial charge in [0.05, 0.1) is 5.75 Å². The highest BCUT2D eigenvalue weighted by atomic mass is 35.5. The molecule has 3 amide bonds. The molecule has 0 bridgehead atoms. The SMILES string of the molecule is O=C(CSc1ccc(Cl)cc1)N1CCNC1=O. The molecule has 0 spiro atoms. The van der Waals surface area contributed by atoms with Crippen molar-refractivity contribution in [1.82, 2.24) is 10.2 Å². The summed E-state index contributed by atoms with van der Waals surface area (Å²) in [5.74, 6) is 0.0923. The Bertz CT molecular complexity index is 436. The van der Waals surface area contributed by atoms with Crippen LogP contribution >= 0.6 is 23.4 Å². The lowest BCUT2D eigenvalue weighted by molar-refractivity contribution is -0.124. The molecule has 0 aromatic heterocycles. The zero-order chi connectivity index (χ0) is 12.3. The second-order valence-corrected chi connectivity index (χ2v) is 5.01. The van der Waals surface area contributed by atoms with Crippen LogP contribution in [0, 0.1) is 0 Å². The predicted octanol–water partition coefficient (Wildman–Crippen LogP) is 1.98. The molecule has 17 heavy (non-hydrogen) atoms. The van der Waals surface area contributed by atoms with Gasteiger partial charge in [-0.15, -0.1) is 11.8 Å². The van der Waals surface area contributed by atoms with Gasteiger partial charge in [-0.05, 0) is 24.3 Å². The van der Waals surface area contributed by atoms with E-state index in [9.17, 15) is 9.59 Å².